The Labute approximate surface area is 204 Å². The molecule has 0 radical (unpaired) electrons. The van der Waals surface area contributed by atoms with Crippen LogP contribution < -0.4 is 0 Å². The van der Waals surface area contributed by atoms with Crippen LogP contribution in [0.3, 0.4) is 0 Å². The minimum atomic E-state index is -0.124. The smallest absolute Gasteiger partial charge is 0.0596 e. The van der Waals surface area contributed by atoms with Crippen molar-refractivity contribution in [2.45, 2.75) is 125 Å². The monoisotopic (exact) mass is 458 g/mol. The second-order valence-corrected chi connectivity index (χ2v) is 15.0. The predicted molar refractivity (Wildman–Crippen MR) is 137 cm³/mol. The Morgan fingerprint density at radius 1 is 0.758 bits per heavy atom. The van der Waals surface area contributed by atoms with Gasteiger partial charge in [0.15, 0.2) is 0 Å². The molecule has 0 heterocycles. The maximum absolute atomic E-state index is 11.1. The van der Waals surface area contributed by atoms with E-state index in [1.807, 2.05) is 0 Å². The van der Waals surface area contributed by atoms with Crippen LogP contribution in [-0.4, -0.2) is 22.9 Å². The molecule has 5 saturated carbocycles. The first-order valence-electron chi connectivity index (χ1n) is 14.7. The Morgan fingerprint density at radius 2 is 1.48 bits per heavy atom. The molecule has 2 N–H and O–H groups in total. The molecule has 0 aromatic carbocycles. The first-order chi connectivity index (χ1) is 15.4. The number of rotatable bonds is 2. The standard InChI is InChI=1S/C31H54O2/c1-8-27(4)23-12-15-30(7)24(28(23,5)14-13-25(27)33)10-9-22-26-21(3)20(2)11-16-31(26,19-32)18-17-29(22,30)6/h20-26,32-33H,8-19H2,1-7H3/t20-,21?,22?,23?,24?,25?,26?,27?,28?,29-,30?,31?/m1/s1. The van der Waals surface area contributed by atoms with Crippen molar-refractivity contribution in [2.75, 3.05) is 6.61 Å². The molecule has 2 heteroatoms. The van der Waals surface area contributed by atoms with Crippen molar-refractivity contribution in [2.24, 2.45) is 62.6 Å². The van der Waals surface area contributed by atoms with Crippen molar-refractivity contribution in [1.29, 1.82) is 0 Å². The van der Waals surface area contributed by atoms with E-state index in [-0.39, 0.29) is 16.9 Å². The Kier molecular flexibility index (Phi) is 5.75. The third kappa shape index (κ3) is 2.92. The summed E-state index contributed by atoms with van der Waals surface area (Å²) < 4.78 is 0. The van der Waals surface area contributed by atoms with E-state index in [4.69, 9.17) is 0 Å². The van der Waals surface area contributed by atoms with Crippen molar-refractivity contribution < 1.29 is 10.2 Å². The van der Waals surface area contributed by atoms with Crippen LogP contribution in [0, 0.1) is 62.6 Å². The molecular weight excluding hydrogens is 404 g/mol. The highest BCUT2D eigenvalue weighted by molar-refractivity contribution is 5.19. The van der Waals surface area contributed by atoms with Crippen LogP contribution in [0.15, 0.2) is 0 Å². The third-order valence-electron chi connectivity index (χ3n) is 14.6. The lowest BCUT2D eigenvalue weighted by molar-refractivity contribution is -0.262. The maximum Gasteiger partial charge on any atom is 0.0596 e. The minimum absolute atomic E-state index is 0.0814. The molecule has 33 heavy (non-hydrogen) atoms. The van der Waals surface area contributed by atoms with Gasteiger partial charge in [-0.2, -0.15) is 0 Å². The highest BCUT2D eigenvalue weighted by Crippen LogP contribution is 2.77. The summed E-state index contributed by atoms with van der Waals surface area (Å²) in [5.41, 5.74) is 1.41. The fourth-order valence-electron chi connectivity index (χ4n) is 12.0. The lowest BCUT2D eigenvalue weighted by Gasteiger charge is -2.74. The molecule has 5 rings (SSSR count). The molecule has 5 fully saturated rings. The molecule has 0 saturated heterocycles. The lowest BCUT2D eigenvalue weighted by Crippen LogP contribution is -2.68. The number of hydrogen-bond acceptors (Lipinski definition) is 2. The zero-order chi connectivity index (χ0) is 24.0. The van der Waals surface area contributed by atoms with Crippen LogP contribution in [0.5, 0.6) is 0 Å². The molecule has 190 valence electrons. The Hall–Kier alpha value is -0.0800. The van der Waals surface area contributed by atoms with Gasteiger partial charge in [-0.05, 0) is 133 Å². The van der Waals surface area contributed by atoms with Gasteiger partial charge in [-0.15, -0.1) is 0 Å². The van der Waals surface area contributed by atoms with Crippen LogP contribution >= 0.6 is 0 Å². The number of fused-ring (bicyclic) bond motifs is 7. The van der Waals surface area contributed by atoms with Crippen molar-refractivity contribution >= 4 is 0 Å². The van der Waals surface area contributed by atoms with Crippen LogP contribution in [0.4, 0.5) is 0 Å². The van der Waals surface area contributed by atoms with E-state index in [1.165, 1.54) is 57.8 Å². The van der Waals surface area contributed by atoms with Crippen LogP contribution in [0.1, 0.15) is 119 Å². The minimum Gasteiger partial charge on any atom is -0.396 e. The SMILES string of the molecule is CCC1(C)C(O)CCC2(C)C1CCC1(C)C2CCC2C3C(C)[C@H](C)CCC3(CO)CC[C@]21C. The predicted octanol–water partition coefficient (Wildman–Crippen LogP) is 7.47. The van der Waals surface area contributed by atoms with E-state index in [1.54, 1.807) is 0 Å². The summed E-state index contributed by atoms with van der Waals surface area (Å²) in [6.45, 7) is 18.2. The molecule has 2 nitrogen and oxygen atoms in total. The first kappa shape index (κ1) is 24.6. The molecule has 12 atom stereocenters. The lowest BCUT2D eigenvalue weighted by atomic mass is 9.31. The average molecular weight is 459 g/mol. The van der Waals surface area contributed by atoms with Gasteiger partial charge in [0.05, 0.1) is 6.10 Å². The zero-order valence-corrected chi connectivity index (χ0v) is 22.9. The number of hydrogen-bond donors (Lipinski definition) is 2. The fraction of sp³-hybridized carbons (Fsp3) is 1.00. The topological polar surface area (TPSA) is 40.5 Å². The first-order valence-corrected chi connectivity index (χ1v) is 14.7. The molecule has 5 aliphatic carbocycles. The summed E-state index contributed by atoms with van der Waals surface area (Å²) in [5, 5.41) is 21.8. The van der Waals surface area contributed by atoms with E-state index >= 15 is 0 Å². The molecule has 10 unspecified atom stereocenters. The number of aliphatic hydroxyl groups excluding tert-OH is 2. The molecule has 0 amide bonds. The zero-order valence-electron chi connectivity index (χ0n) is 22.9. The summed E-state index contributed by atoms with van der Waals surface area (Å²) in [4.78, 5) is 0. The van der Waals surface area contributed by atoms with Crippen molar-refractivity contribution in [3.8, 4) is 0 Å². The molecule has 0 bridgehead atoms. The van der Waals surface area contributed by atoms with Gasteiger partial charge in [0.2, 0.25) is 0 Å². The van der Waals surface area contributed by atoms with Gasteiger partial charge in [-0.25, -0.2) is 0 Å². The van der Waals surface area contributed by atoms with E-state index in [9.17, 15) is 10.2 Å². The maximum atomic E-state index is 11.1. The van der Waals surface area contributed by atoms with Crippen molar-refractivity contribution in [3.63, 3.8) is 0 Å². The second kappa shape index (κ2) is 7.71. The quantitative estimate of drug-likeness (QED) is 0.450. The van der Waals surface area contributed by atoms with E-state index in [2.05, 4.69) is 48.5 Å². The summed E-state index contributed by atoms with van der Waals surface area (Å²) in [5.74, 6) is 4.43. The molecule has 5 aliphatic rings. The van der Waals surface area contributed by atoms with E-state index in [0.29, 0.717) is 34.7 Å². The van der Waals surface area contributed by atoms with Gasteiger partial charge in [0, 0.05) is 6.61 Å². The normalized spacial score (nSPS) is 60.8. The highest BCUT2D eigenvalue weighted by atomic mass is 16.3. The van der Waals surface area contributed by atoms with Gasteiger partial charge in [0.25, 0.3) is 0 Å². The Morgan fingerprint density at radius 3 is 2.15 bits per heavy atom. The fourth-order valence-corrected chi connectivity index (χ4v) is 12.0. The molecule has 0 aliphatic heterocycles. The van der Waals surface area contributed by atoms with Crippen molar-refractivity contribution in [1.82, 2.24) is 0 Å². The Bertz CT molecular complexity index is 764. The summed E-state index contributed by atoms with van der Waals surface area (Å²) >= 11 is 0. The number of aliphatic hydroxyl groups is 2. The van der Waals surface area contributed by atoms with Crippen LogP contribution in [0.25, 0.3) is 0 Å². The highest BCUT2D eigenvalue weighted by Gasteiger charge is 2.70. The Balaban J connectivity index is 1.54. The summed E-state index contributed by atoms with van der Waals surface area (Å²) in [6, 6.07) is 0. The molecule has 0 spiro atoms. The van der Waals surface area contributed by atoms with Gasteiger partial charge in [-0.1, -0.05) is 48.5 Å². The molecule has 0 aromatic heterocycles. The largest absolute Gasteiger partial charge is 0.396 e. The van der Waals surface area contributed by atoms with Gasteiger partial charge >= 0.3 is 0 Å². The van der Waals surface area contributed by atoms with Gasteiger partial charge in [0.1, 0.15) is 0 Å². The van der Waals surface area contributed by atoms with E-state index in [0.717, 1.165) is 36.5 Å². The average Bonchev–Trinajstić information content (AvgIpc) is 2.79. The molecular formula is C31H54O2. The third-order valence-corrected chi connectivity index (χ3v) is 14.6. The van der Waals surface area contributed by atoms with Crippen molar-refractivity contribution in [3.05, 3.63) is 0 Å². The van der Waals surface area contributed by atoms with E-state index < -0.39 is 0 Å². The summed E-state index contributed by atoms with van der Waals surface area (Å²) in [7, 11) is 0. The summed E-state index contributed by atoms with van der Waals surface area (Å²) in [6.07, 6.45) is 13.7. The van der Waals surface area contributed by atoms with Crippen LogP contribution in [-0.2, 0) is 0 Å². The van der Waals surface area contributed by atoms with Gasteiger partial charge < -0.3 is 10.2 Å². The van der Waals surface area contributed by atoms with Crippen LogP contribution in [0.2, 0.25) is 0 Å². The van der Waals surface area contributed by atoms with Gasteiger partial charge in [-0.3, -0.25) is 0 Å². The second-order valence-electron chi connectivity index (χ2n) is 15.0. The molecule has 0 aromatic rings.